The third-order valence-electron chi connectivity index (χ3n) is 3.87. The molecule has 5 nitrogen and oxygen atoms in total. The highest BCUT2D eigenvalue weighted by molar-refractivity contribution is 5.81. The van der Waals surface area contributed by atoms with E-state index in [4.69, 9.17) is 10.5 Å². The largest absolute Gasteiger partial charge is 0.497 e. The Labute approximate surface area is 125 Å². The first kappa shape index (κ1) is 15.4. The van der Waals surface area contributed by atoms with Gasteiger partial charge in [0.05, 0.1) is 13.5 Å². The van der Waals surface area contributed by atoms with Crippen LogP contribution in [0.25, 0.3) is 0 Å². The van der Waals surface area contributed by atoms with Crippen LogP contribution in [0.5, 0.6) is 5.75 Å². The molecule has 1 heterocycles. The van der Waals surface area contributed by atoms with Crippen molar-refractivity contribution in [3.05, 3.63) is 29.8 Å². The molecule has 0 radical (unpaired) electrons. The van der Waals surface area contributed by atoms with Crippen molar-refractivity contribution in [3.63, 3.8) is 0 Å². The molecule has 5 heteroatoms. The van der Waals surface area contributed by atoms with Crippen molar-refractivity contribution in [2.45, 2.75) is 38.1 Å². The fraction of sp³-hybridized carbons (Fsp3) is 0.500. The van der Waals surface area contributed by atoms with Gasteiger partial charge in [-0.2, -0.15) is 0 Å². The Balaban J connectivity index is 2.04. The zero-order chi connectivity index (χ0) is 15.2. The van der Waals surface area contributed by atoms with Crippen LogP contribution in [0, 0.1) is 0 Å². The highest BCUT2D eigenvalue weighted by Gasteiger charge is 2.27. The highest BCUT2D eigenvalue weighted by atomic mass is 16.5. The molecule has 0 aromatic heterocycles. The van der Waals surface area contributed by atoms with E-state index in [9.17, 15) is 9.59 Å². The number of benzene rings is 1. The number of piperidine rings is 1. The van der Waals surface area contributed by atoms with Crippen molar-refractivity contribution in [1.82, 2.24) is 4.90 Å². The van der Waals surface area contributed by atoms with Crippen LogP contribution in [0.1, 0.15) is 31.2 Å². The number of carbonyl (C=O) groups is 2. The molecule has 0 saturated carbocycles. The maximum atomic E-state index is 12.5. The minimum atomic E-state index is -0.346. The molecule has 1 aliphatic rings. The number of ether oxygens (including phenoxy) is 1. The number of likely N-dealkylation sites (tertiary alicyclic amines) is 1. The molecule has 1 unspecified atom stereocenters. The van der Waals surface area contributed by atoms with Gasteiger partial charge in [-0.05, 0) is 37.0 Å². The molecule has 1 aromatic carbocycles. The number of hydrogen-bond acceptors (Lipinski definition) is 3. The topological polar surface area (TPSA) is 72.6 Å². The van der Waals surface area contributed by atoms with Crippen molar-refractivity contribution < 1.29 is 14.3 Å². The van der Waals surface area contributed by atoms with Crippen molar-refractivity contribution in [1.29, 1.82) is 0 Å². The fourth-order valence-corrected chi connectivity index (χ4v) is 2.83. The van der Waals surface area contributed by atoms with Gasteiger partial charge < -0.3 is 15.4 Å². The molecule has 21 heavy (non-hydrogen) atoms. The predicted octanol–water partition coefficient (Wildman–Crippen LogP) is 1.49. The summed E-state index contributed by atoms with van der Waals surface area (Å²) in [5.41, 5.74) is 6.20. The van der Waals surface area contributed by atoms with Gasteiger partial charge in [-0.15, -0.1) is 0 Å². The third-order valence-corrected chi connectivity index (χ3v) is 3.87. The molecule has 2 N–H and O–H groups in total. The lowest BCUT2D eigenvalue weighted by atomic mass is 9.98. The van der Waals surface area contributed by atoms with Gasteiger partial charge >= 0.3 is 0 Å². The average molecular weight is 290 g/mol. The van der Waals surface area contributed by atoms with Crippen molar-refractivity contribution in [2.24, 2.45) is 5.73 Å². The summed E-state index contributed by atoms with van der Waals surface area (Å²) in [7, 11) is 1.61. The molecule has 1 aromatic rings. The average Bonchev–Trinajstić information content (AvgIpc) is 2.47. The summed E-state index contributed by atoms with van der Waals surface area (Å²) < 4.78 is 5.17. The first-order chi connectivity index (χ1) is 10.1. The molecule has 2 amide bonds. The molecule has 2 rings (SSSR count). The molecule has 1 saturated heterocycles. The fourth-order valence-electron chi connectivity index (χ4n) is 2.83. The van der Waals surface area contributed by atoms with Crippen LogP contribution in [0.4, 0.5) is 0 Å². The van der Waals surface area contributed by atoms with E-state index in [1.807, 2.05) is 29.2 Å². The van der Waals surface area contributed by atoms with Crippen LogP contribution in [0.2, 0.25) is 0 Å². The third kappa shape index (κ3) is 4.21. The Morgan fingerprint density at radius 3 is 2.90 bits per heavy atom. The van der Waals surface area contributed by atoms with E-state index in [1.54, 1.807) is 7.11 Å². The smallest absolute Gasteiger partial charge is 0.227 e. The van der Waals surface area contributed by atoms with Gasteiger partial charge in [0.1, 0.15) is 5.75 Å². The molecule has 1 fully saturated rings. The minimum Gasteiger partial charge on any atom is -0.497 e. The first-order valence-corrected chi connectivity index (χ1v) is 7.31. The summed E-state index contributed by atoms with van der Waals surface area (Å²) >= 11 is 0. The highest BCUT2D eigenvalue weighted by Crippen LogP contribution is 2.21. The second kappa shape index (κ2) is 7.11. The van der Waals surface area contributed by atoms with E-state index in [1.165, 1.54) is 0 Å². The van der Waals surface area contributed by atoms with Gasteiger partial charge in [0, 0.05) is 19.0 Å². The van der Waals surface area contributed by atoms with E-state index in [0.29, 0.717) is 13.0 Å². The maximum absolute atomic E-state index is 12.5. The van der Waals surface area contributed by atoms with Crippen molar-refractivity contribution in [3.8, 4) is 5.75 Å². The molecule has 1 atom stereocenters. The summed E-state index contributed by atoms with van der Waals surface area (Å²) in [6.07, 6.45) is 3.46. The molecule has 114 valence electrons. The second-order valence-electron chi connectivity index (χ2n) is 5.44. The lowest BCUT2D eigenvalue weighted by Crippen LogP contribution is -2.46. The number of nitrogens with zero attached hydrogens (tertiary/aromatic N) is 1. The van der Waals surface area contributed by atoms with E-state index in [0.717, 1.165) is 30.6 Å². The summed E-state index contributed by atoms with van der Waals surface area (Å²) in [4.78, 5) is 25.5. The standard InChI is InChI=1S/C16H22N2O3/c1-21-14-7-4-5-12(9-14)10-16(20)18-8-3-2-6-13(18)11-15(17)19/h4-5,7,9,13H,2-3,6,8,10-11H2,1H3,(H2,17,19). The predicted molar refractivity (Wildman–Crippen MR) is 79.9 cm³/mol. The molecule has 0 aliphatic carbocycles. The molecule has 0 bridgehead atoms. The normalized spacial score (nSPS) is 18.3. The van der Waals surface area contributed by atoms with Crippen molar-refractivity contribution in [2.75, 3.05) is 13.7 Å². The quantitative estimate of drug-likeness (QED) is 0.893. The Kier molecular flexibility index (Phi) is 5.20. The van der Waals surface area contributed by atoms with E-state index in [-0.39, 0.29) is 24.3 Å². The number of carbonyl (C=O) groups excluding carboxylic acids is 2. The molecular formula is C16H22N2O3. The Morgan fingerprint density at radius 2 is 2.19 bits per heavy atom. The number of primary amides is 1. The van der Waals surface area contributed by atoms with Crippen LogP contribution >= 0.6 is 0 Å². The van der Waals surface area contributed by atoms with Crippen LogP contribution in [-0.2, 0) is 16.0 Å². The minimum absolute atomic E-state index is 0.0469. The Bertz CT molecular complexity index is 516. The van der Waals surface area contributed by atoms with E-state index >= 15 is 0 Å². The van der Waals surface area contributed by atoms with Crippen LogP contribution in [-0.4, -0.2) is 36.4 Å². The molecule has 0 spiro atoms. The van der Waals surface area contributed by atoms with Gasteiger partial charge in [-0.25, -0.2) is 0 Å². The van der Waals surface area contributed by atoms with Crippen LogP contribution in [0.15, 0.2) is 24.3 Å². The van der Waals surface area contributed by atoms with Gasteiger partial charge in [0.15, 0.2) is 0 Å². The number of amides is 2. The van der Waals surface area contributed by atoms with E-state index < -0.39 is 0 Å². The summed E-state index contributed by atoms with van der Waals surface area (Å²) in [5, 5.41) is 0. The summed E-state index contributed by atoms with van der Waals surface area (Å²) in [5.74, 6) is 0.447. The molecular weight excluding hydrogens is 268 g/mol. The van der Waals surface area contributed by atoms with Crippen LogP contribution < -0.4 is 10.5 Å². The lowest BCUT2D eigenvalue weighted by molar-refractivity contribution is -0.135. The zero-order valence-electron chi connectivity index (χ0n) is 12.4. The summed E-state index contributed by atoms with van der Waals surface area (Å²) in [6, 6.07) is 7.45. The lowest BCUT2D eigenvalue weighted by Gasteiger charge is -2.35. The Morgan fingerprint density at radius 1 is 1.38 bits per heavy atom. The van der Waals surface area contributed by atoms with Gasteiger partial charge in [-0.3, -0.25) is 9.59 Å². The first-order valence-electron chi connectivity index (χ1n) is 7.31. The molecule has 1 aliphatic heterocycles. The van der Waals surface area contributed by atoms with Gasteiger partial charge in [-0.1, -0.05) is 12.1 Å². The number of nitrogens with two attached hydrogens (primary N) is 1. The SMILES string of the molecule is COc1cccc(CC(=O)N2CCCCC2CC(N)=O)c1. The maximum Gasteiger partial charge on any atom is 0.227 e. The monoisotopic (exact) mass is 290 g/mol. The number of rotatable bonds is 5. The number of methoxy groups -OCH3 is 1. The van der Waals surface area contributed by atoms with E-state index in [2.05, 4.69) is 0 Å². The zero-order valence-corrected chi connectivity index (χ0v) is 12.4. The second-order valence-corrected chi connectivity index (χ2v) is 5.44. The Hall–Kier alpha value is -2.04. The number of hydrogen-bond donors (Lipinski definition) is 1. The van der Waals surface area contributed by atoms with Crippen molar-refractivity contribution >= 4 is 11.8 Å². The van der Waals surface area contributed by atoms with Gasteiger partial charge in [0.25, 0.3) is 0 Å². The summed E-state index contributed by atoms with van der Waals surface area (Å²) in [6.45, 7) is 0.709. The van der Waals surface area contributed by atoms with Gasteiger partial charge in [0.2, 0.25) is 11.8 Å². The van der Waals surface area contributed by atoms with Crippen LogP contribution in [0.3, 0.4) is 0 Å².